The molecule has 2 heterocycles. The first-order chi connectivity index (χ1) is 9.90. The minimum absolute atomic E-state index is 0.401. The molecule has 112 valence electrons. The molecule has 0 spiro atoms. The maximum absolute atomic E-state index is 11.6. The third kappa shape index (κ3) is 2.37. The second-order valence-electron chi connectivity index (χ2n) is 6.25. The van der Waals surface area contributed by atoms with E-state index < -0.39 is 11.7 Å². The van der Waals surface area contributed by atoms with Gasteiger partial charge in [0.05, 0.1) is 16.7 Å². The summed E-state index contributed by atoms with van der Waals surface area (Å²) in [5.74, 6) is 1.40. The van der Waals surface area contributed by atoms with Gasteiger partial charge >= 0.3 is 6.09 Å². The van der Waals surface area contributed by atoms with Crippen molar-refractivity contribution in [1.82, 2.24) is 9.97 Å². The number of fused-ring (bicyclic) bond motifs is 2. The Balaban J connectivity index is 2.10. The zero-order valence-electron chi connectivity index (χ0n) is 12.9. The molecule has 0 saturated carbocycles. The number of anilines is 1. The maximum atomic E-state index is 11.6. The zero-order valence-corrected chi connectivity index (χ0v) is 12.9. The molecule has 1 atom stereocenters. The number of nitrogens with one attached hydrogen (secondary N) is 2. The molecule has 1 aliphatic heterocycles. The summed E-state index contributed by atoms with van der Waals surface area (Å²) >= 11 is 0. The Labute approximate surface area is 124 Å². The number of benzene rings is 1. The predicted molar refractivity (Wildman–Crippen MR) is 82.5 cm³/mol. The second-order valence-corrected chi connectivity index (χ2v) is 6.25. The topological polar surface area (TPSA) is 67.0 Å². The summed E-state index contributed by atoms with van der Waals surface area (Å²) in [7, 11) is 0. The van der Waals surface area contributed by atoms with Crippen LogP contribution in [0, 0.1) is 0 Å². The number of aromatic nitrogens is 2. The highest BCUT2D eigenvalue weighted by Gasteiger charge is 2.34. The van der Waals surface area contributed by atoms with Crippen molar-refractivity contribution in [1.29, 1.82) is 0 Å². The standard InChI is InChI=1S/C16H21N3O2/c1-5-6-9(2)14-17-12-7-10-11(8-13(12)18-14)19-15(20)21-16(10,3)4/h7-9H,5-6H2,1-4H3,(H,17,18)(H,19,20). The molecule has 1 amide bonds. The van der Waals surface area contributed by atoms with Crippen LogP contribution in [-0.4, -0.2) is 16.1 Å². The average Bonchev–Trinajstić information content (AvgIpc) is 2.79. The van der Waals surface area contributed by atoms with Crippen LogP contribution in [-0.2, 0) is 10.3 Å². The van der Waals surface area contributed by atoms with E-state index in [1.807, 2.05) is 26.0 Å². The summed E-state index contributed by atoms with van der Waals surface area (Å²) in [5, 5.41) is 2.76. The average molecular weight is 287 g/mol. The van der Waals surface area contributed by atoms with E-state index in [0.717, 1.165) is 41.0 Å². The molecule has 2 aromatic rings. The van der Waals surface area contributed by atoms with Gasteiger partial charge in [0.25, 0.3) is 0 Å². The normalized spacial score (nSPS) is 18.0. The van der Waals surface area contributed by atoms with Crippen LogP contribution >= 0.6 is 0 Å². The molecule has 0 fully saturated rings. The molecule has 1 aliphatic rings. The fourth-order valence-corrected chi connectivity index (χ4v) is 2.90. The van der Waals surface area contributed by atoms with Crippen molar-refractivity contribution in [2.75, 3.05) is 5.32 Å². The monoisotopic (exact) mass is 287 g/mol. The molecule has 5 nitrogen and oxygen atoms in total. The summed E-state index contributed by atoms with van der Waals surface area (Å²) in [6.07, 6.45) is 1.82. The maximum Gasteiger partial charge on any atom is 0.412 e. The molecule has 5 heteroatoms. The number of nitrogens with zero attached hydrogens (tertiary/aromatic N) is 1. The molecule has 1 unspecified atom stereocenters. The smallest absolute Gasteiger partial charge is 0.412 e. The molecule has 1 aromatic carbocycles. The van der Waals surface area contributed by atoms with Gasteiger partial charge in [-0.3, -0.25) is 5.32 Å². The number of carbonyl (C=O) groups excluding carboxylic acids is 1. The number of hydrogen-bond acceptors (Lipinski definition) is 3. The van der Waals surface area contributed by atoms with Gasteiger partial charge in [0.2, 0.25) is 0 Å². The van der Waals surface area contributed by atoms with Gasteiger partial charge in [-0.25, -0.2) is 9.78 Å². The Morgan fingerprint density at radius 1 is 1.38 bits per heavy atom. The van der Waals surface area contributed by atoms with E-state index in [1.54, 1.807) is 0 Å². The highest BCUT2D eigenvalue weighted by atomic mass is 16.6. The van der Waals surface area contributed by atoms with Crippen molar-refractivity contribution in [3.8, 4) is 0 Å². The van der Waals surface area contributed by atoms with E-state index in [2.05, 4.69) is 29.1 Å². The van der Waals surface area contributed by atoms with Crippen molar-refractivity contribution in [2.24, 2.45) is 0 Å². The fraction of sp³-hybridized carbons (Fsp3) is 0.500. The van der Waals surface area contributed by atoms with Gasteiger partial charge in [-0.1, -0.05) is 20.3 Å². The van der Waals surface area contributed by atoms with Crippen LogP contribution in [0.25, 0.3) is 11.0 Å². The van der Waals surface area contributed by atoms with Crippen molar-refractivity contribution < 1.29 is 9.53 Å². The molecule has 0 aliphatic carbocycles. The number of carbonyl (C=O) groups is 1. The van der Waals surface area contributed by atoms with Crippen molar-refractivity contribution in [3.05, 3.63) is 23.5 Å². The van der Waals surface area contributed by atoms with Crippen LogP contribution < -0.4 is 5.32 Å². The molecule has 1 aromatic heterocycles. The Morgan fingerprint density at radius 2 is 2.14 bits per heavy atom. The van der Waals surface area contributed by atoms with E-state index in [-0.39, 0.29) is 0 Å². The number of aromatic amines is 1. The quantitative estimate of drug-likeness (QED) is 0.886. The summed E-state index contributed by atoms with van der Waals surface area (Å²) in [6.45, 7) is 8.14. The van der Waals surface area contributed by atoms with Gasteiger partial charge in [0.1, 0.15) is 11.4 Å². The van der Waals surface area contributed by atoms with Gasteiger partial charge in [0, 0.05) is 11.5 Å². The third-order valence-corrected chi connectivity index (χ3v) is 4.06. The number of cyclic esters (lactones) is 1. The van der Waals surface area contributed by atoms with Gasteiger partial charge in [0.15, 0.2) is 0 Å². The second kappa shape index (κ2) is 4.76. The van der Waals surface area contributed by atoms with Crippen molar-refractivity contribution in [2.45, 2.75) is 52.1 Å². The molecular formula is C16H21N3O2. The highest BCUT2D eigenvalue weighted by molar-refractivity contribution is 5.93. The van der Waals surface area contributed by atoms with E-state index >= 15 is 0 Å². The molecular weight excluding hydrogens is 266 g/mol. The van der Waals surface area contributed by atoms with Crippen molar-refractivity contribution in [3.63, 3.8) is 0 Å². The van der Waals surface area contributed by atoms with Crippen LogP contribution in [0.3, 0.4) is 0 Å². The molecule has 21 heavy (non-hydrogen) atoms. The first kappa shape index (κ1) is 13.9. The first-order valence-electron chi connectivity index (χ1n) is 7.45. The minimum atomic E-state index is -0.633. The minimum Gasteiger partial charge on any atom is -0.438 e. The first-order valence-corrected chi connectivity index (χ1v) is 7.45. The SMILES string of the molecule is CCCC(C)c1nc2cc3c(cc2[nH]1)C(C)(C)OC(=O)N3. The van der Waals surface area contributed by atoms with Crippen LogP contribution in [0.1, 0.15) is 57.8 Å². The Kier molecular flexibility index (Phi) is 3.15. The number of ether oxygens (including phenoxy) is 1. The Hall–Kier alpha value is -2.04. The largest absolute Gasteiger partial charge is 0.438 e. The van der Waals surface area contributed by atoms with E-state index in [1.165, 1.54) is 0 Å². The van der Waals surface area contributed by atoms with Gasteiger partial charge in [-0.05, 0) is 32.4 Å². The lowest BCUT2D eigenvalue weighted by Crippen LogP contribution is -2.34. The number of rotatable bonds is 3. The van der Waals surface area contributed by atoms with E-state index in [9.17, 15) is 4.79 Å². The highest BCUT2D eigenvalue weighted by Crippen LogP contribution is 2.38. The summed E-state index contributed by atoms with van der Waals surface area (Å²) in [5.41, 5.74) is 2.98. The molecule has 0 saturated heterocycles. The lowest BCUT2D eigenvalue weighted by molar-refractivity contribution is 0.0421. The molecule has 2 N–H and O–H groups in total. The Bertz CT molecular complexity index is 703. The number of H-pyrrole nitrogens is 1. The Morgan fingerprint density at radius 3 is 2.86 bits per heavy atom. The van der Waals surface area contributed by atoms with Crippen LogP contribution in [0.4, 0.5) is 10.5 Å². The van der Waals surface area contributed by atoms with Gasteiger partial charge < -0.3 is 9.72 Å². The van der Waals surface area contributed by atoms with Gasteiger partial charge in [-0.15, -0.1) is 0 Å². The number of hydrogen-bond donors (Lipinski definition) is 2. The number of imidazole rings is 1. The summed E-state index contributed by atoms with van der Waals surface area (Å²) in [6, 6.07) is 3.95. The number of amides is 1. The molecule has 0 radical (unpaired) electrons. The molecule has 3 rings (SSSR count). The van der Waals surface area contributed by atoms with Gasteiger partial charge in [-0.2, -0.15) is 0 Å². The van der Waals surface area contributed by atoms with Crippen LogP contribution in [0.2, 0.25) is 0 Å². The lowest BCUT2D eigenvalue weighted by atomic mass is 9.94. The predicted octanol–water partition coefficient (Wildman–Crippen LogP) is 4.26. The third-order valence-electron chi connectivity index (χ3n) is 4.06. The lowest BCUT2D eigenvalue weighted by Gasteiger charge is -2.32. The molecule has 0 bridgehead atoms. The van der Waals surface area contributed by atoms with E-state index in [0.29, 0.717) is 5.92 Å². The van der Waals surface area contributed by atoms with Crippen molar-refractivity contribution >= 4 is 22.8 Å². The van der Waals surface area contributed by atoms with E-state index in [4.69, 9.17) is 4.74 Å². The van der Waals surface area contributed by atoms with Crippen LogP contribution in [0.5, 0.6) is 0 Å². The summed E-state index contributed by atoms with van der Waals surface area (Å²) < 4.78 is 5.36. The zero-order chi connectivity index (χ0) is 15.2. The summed E-state index contributed by atoms with van der Waals surface area (Å²) in [4.78, 5) is 19.7. The van der Waals surface area contributed by atoms with Crippen LogP contribution in [0.15, 0.2) is 12.1 Å². The fourth-order valence-electron chi connectivity index (χ4n) is 2.90.